The van der Waals surface area contributed by atoms with Crippen molar-refractivity contribution in [3.63, 3.8) is 0 Å². The van der Waals surface area contributed by atoms with E-state index in [1.54, 1.807) is 12.1 Å². The van der Waals surface area contributed by atoms with Crippen LogP contribution < -0.4 is 15.6 Å². The summed E-state index contributed by atoms with van der Waals surface area (Å²) in [6.45, 7) is -3.27. The van der Waals surface area contributed by atoms with Gasteiger partial charge in [-0.15, -0.1) is 0 Å². The number of alkyl halides is 2. The summed E-state index contributed by atoms with van der Waals surface area (Å²) in [7, 11) is 0. The smallest absolute Gasteiger partial charge is 0.387 e. The zero-order chi connectivity index (χ0) is 18.6. The lowest BCUT2D eigenvalue weighted by molar-refractivity contribution is -0.0501. The molecule has 25 heavy (non-hydrogen) atoms. The van der Waals surface area contributed by atoms with Gasteiger partial charge in [-0.25, -0.2) is 8.78 Å². The summed E-state index contributed by atoms with van der Waals surface area (Å²) in [6, 6.07) is 6.92. The zero-order valence-corrected chi connectivity index (χ0v) is 13.7. The minimum atomic E-state index is -3.27. The van der Waals surface area contributed by atoms with Gasteiger partial charge >= 0.3 is 6.61 Å². The van der Waals surface area contributed by atoms with E-state index >= 15 is 0 Å². The van der Waals surface area contributed by atoms with Gasteiger partial charge < -0.3 is 4.74 Å². The van der Waals surface area contributed by atoms with Crippen LogP contribution in [-0.2, 0) is 0 Å². The number of carbonyl (C=O) groups excluding carboxylic acids is 2. The SMILES string of the molecule is O=C(NNC(=O)c1c(F)cc(OC(F)F)cc1F)c1ccc(Br)cc1. The zero-order valence-electron chi connectivity index (χ0n) is 12.2. The summed E-state index contributed by atoms with van der Waals surface area (Å²) in [6.07, 6.45) is 0. The number of hydrogen-bond acceptors (Lipinski definition) is 3. The van der Waals surface area contributed by atoms with Crippen LogP contribution in [0.4, 0.5) is 17.6 Å². The fourth-order valence-corrected chi connectivity index (χ4v) is 2.05. The quantitative estimate of drug-likeness (QED) is 0.588. The molecule has 132 valence electrons. The molecule has 0 heterocycles. The lowest BCUT2D eigenvalue weighted by atomic mass is 10.1. The number of halogens is 5. The standard InChI is InChI=1S/C15H9BrF4N2O3/c16-8-3-1-7(2-4-8)13(23)21-22-14(24)12-10(17)5-9(6-11(12)18)25-15(19)20/h1-6,15H,(H,21,23)(H,22,24). The monoisotopic (exact) mass is 420 g/mol. The number of hydrogen-bond donors (Lipinski definition) is 2. The maximum absolute atomic E-state index is 13.8. The Morgan fingerprint density at radius 2 is 1.48 bits per heavy atom. The number of hydrazine groups is 1. The second-order valence-corrected chi connectivity index (χ2v) is 5.47. The molecule has 0 unspecified atom stereocenters. The minimum Gasteiger partial charge on any atom is -0.435 e. The van der Waals surface area contributed by atoms with Crippen molar-refractivity contribution < 1.29 is 31.9 Å². The van der Waals surface area contributed by atoms with Crippen molar-refractivity contribution >= 4 is 27.7 Å². The Labute approximate surface area is 147 Å². The van der Waals surface area contributed by atoms with Gasteiger partial charge in [-0.05, 0) is 24.3 Å². The van der Waals surface area contributed by atoms with Gasteiger partial charge in [0.2, 0.25) is 0 Å². The van der Waals surface area contributed by atoms with Crippen molar-refractivity contribution in [3.05, 3.63) is 63.6 Å². The summed E-state index contributed by atoms with van der Waals surface area (Å²) in [5.74, 6) is -5.65. The van der Waals surface area contributed by atoms with Crippen LogP contribution in [0.5, 0.6) is 5.75 Å². The highest BCUT2D eigenvalue weighted by Crippen LogP contribution is 2.22. The van der Waals surface area contributed by atoms with E-state index in [1.165, 1.54) is 12.1 Å². The Morgan fingerprint density at radius 1 is 0.960 bits per heavy atom. The fourth-order valence-electron chi connectivity index (χ4n) is 1.79. The van der Waals surface area contributed by atoms with Crippen molar-refractivity contribution in [3.8, 4) is 5.75 Å². The molecule has 0 saturated heterocycles. The molecule has 5 nitrogen and oxygen atoms in total. The van der Waals surface area contributed by atoms with Crippen LogP contribution in [-0.4, -0.2) is 18.4 Å². The summed E-state index contributed by atoms with van der Waals surface area (Å²) < 4.78 is 56.2. The Kier molecular flexibility index (Phi) is 5.97. The summed E-state index contributed by atoms with van der Waals surface area (Å²) in [5.41, 5.74) is 2.94. The van der Waals surface area contributed by atoms with Crippen molar-refractivity contribution in [1.29, 1.82) is 0 Å². The second-order valence-electron chi connectivity index (χ2n) is 4.56. The summed E-state index contributed by atoms with van der Waals surface area (Å²) >= 11 is 3.18. The third-order valence-electron chi connectivity index (χ3n) is 2.86. The number of carbonyl (C=O) groups is 2. The summed E-state index contributed by atoms with van der Waals surface area (Å²) in [4.78, 5) is 23.6. The van der Waals surface area contributed by atoms with Gasteiger partial charge in [0.1, 0.15) is 22.9 Å². The van der Waals surface area contributed by atoms with Gasteiger partial charge in [-0.3, -0.25) is 20.4 Å². The van der Waals surface area contributed by atoms with Crippen molar-refractivity contribution in [2.75, 3.05) is 0 Å². The van der Waals surface area contributed by atoms with E-state index in [2.05, 4.69) is 20.7 Å². The Hall–Kier alpha value is -2.62. The predicted octanol–water partition coefficient (Wildman–Crippen LogP) is 3.40. The molecule has 0 aromatic heterocycles. The number of ether oxygens (including phenoxy) is 1. The molecule has 0 aliphatic carbocycles. The van der Waals surface area contributed by atoms with Crippen LogP contribution in [0.15, 0.2) is 40.9 Å². The van der Waals surface area contributed by atoms with Gasteiger partial charge in [0.25, 0.3) is 11.8 Å². The largest absolute Gasteiger partial charge is 0.435 e. The maximum atomic E-state index is 13.8. The third kappa shape index (κ3) is 4.92. The number of amides is 2. The number of rotatable bonds is 4. The molecule has 0 saturated carbocycles. The van der Waals surface area contributed by atoms with Crippen molar-refractivity contribution in [1.82, 2.24) is 10.9 Å². The van der Waals surface area contributed by atoms with Gasteiger partial charge in [0.15, 0.2) is 0 Å². The molecule has 2 aromatic carbocycles. The van der Waals surface area contributed by atoms with Crippen LogP contribution in [0.25, 0.3) is 0 Å². The van der Waals surface area contributed by atoms with Crippen LogP contribution in [0.3, 0.4) is 0 Å². The number of nitrogens with one attached hydrogen (secondary N) is 2. The summed E-state index contributed by atoms with van der Waals surface area (Å²) in [5, 5.41) is 0. The van der Waals surface area contributed by atoms with E-state index in [4.69, 9.17) is 0 Å². The molecular formula is C15H9BrF4N2O3. The van der Waals surface area contributed by atoms with E-state index < -0.39 is 41.4 Å². The Balaban J connectivity index is 2.08. The third-order valence-corrected chi connectivity index (χ3v) is 3.39. The van der Waals surface area contributed by atoms with E-state index in [9.17, 15) is 27.2 Å². The van der Waals surface area contributed by atoms with Crippen LogP contribution >= 0.6 is 15.9 Å². The normalized spacial score (nSPS) is 10.5. The minimum absolute atomic E-state index is 0.185. The molecule has 2 N–H and O–H groups in total. The molecule has 0 fully saturated rings. The molecule has 0 bridgehead atoms. The molecule has 0 spiro atoms. The molecule has 0 aliphatic rings. The van der Waals surface area contributed by atoms with E-state index in [-0.39, 0.29) is 5.56 Å². The van der Waals surface area contributed by atoms with Crippen LogP contribution in [0.1, 0.15) is 20.7 Å². The molecule has 10 heteroatoms. The first-order chi connectivity index (χ1) is 11.8. The van der Waals surface area contributed by atoms with Crippen molar-refractivity contribution in [2.24, 2.45) is 0 Å². The topological polar surface area (TPSA) is 67.4 Å². The first kappa shape index (κ1) is 18.7. The van der Waals surface area contributed by atoms with Crippen LogP contribution in [0, 0.1) is 11.6 Å². The highest BCUT2D eigenvalue weighted by atomic mass is 79.9. The molecular weight excluding hydrogens is 412 g/mol. The Morgan fingerprint density at radius 3 is 2.00 bits per heavy atom. The Bertz CT molecular complexity index is 777. The highest BCUT2D eigenvalue weighted by molar-refractivity contribution is 9.10. The average Bonchev–Trinajstić information content (AvgIpc) is 2.52. The average molecular weight is 421 g/mol. The predicted molar refractivity (Wildman–Crippen MR) is 82.1 cm³/mol. The first-order valence-electron chi connectivity index (χ1n) is 6.58. The molecule has 0 aliphatic heterocycles. The van der Waals surface area contributed by atoms with Crippen LogP contribution in [0.2, 0.25) is 0 Å². The van der Waals surface area contributed by atoms with Gasteiger partial charge in [0.05, 0.1) is 0 Å². The van der Waals surface area contributed by atoms with Gasteiger partial charge in [-0.2, -0.15) is 8.78 Å². The maximum Gasteiger partial charge on any atom is 0.387 e. The molecule has 0 radical (unpaired) electrons. The molecule has 2 rings (SSSR count). The fraction of sp³-hybridized carbons (Fsp3) is 0.0667. The lowest BCUT2D eigenvalue weighted by Crippen LogP contribution is -2.42. The molecule has 2 aromatic rings. The second kappa shape index (κ2) is 7.97. The van der Waals surface area contributed by atoms with Gasteiger partial charge in [-0.1, -0.05) is 15.9 Å². The van der Waals surface area contributed by atoms with E-state index in [1.807, 2.05) is 10.9 Å². The first-order valence-corrected chi connectivity index (χ1v) is 7.37. The molecule has 0 atom stereocenters. The molecule has 2 amide bonds. The highest BCUT2D eigenvalue weighted by Gasteiger charge is 2.21. The van der Waals surface area contributed by atoms with E-state index in [0.29, 0.717) is 12.1 Å². The van der Waals surface area contributed by atoms with E-state index in [0.717, 1.165) is 4.47 Å². The lowest BCUT2D eigenvalue weighted by Gasteiger charge is -2.10. The number of benzene rings is 2. The van der Waals surface area contributed by atoms with Crippen molar-refractivity contribution in [2.45, 2.75) is 6.61 Å². The van der Waals surface area contributed by atoms with Gasteiger partial charge in [0, 0.05) is 22.2 Å².